The summed E-state index contributed by atoms with van der Waals surface area (Å²) in [5.74, 6) is 0.285. The largest absolute Gasteiger partial charge is 0.375 e. The van der Waals surface area contributed by atoms with Gasteiger partial charge in [-0.05, 0) is 39.5 Å². The molecule has 0 bridgehead atoms. The van der Waals surface area contributed by atoms with E-state index >= 15 is 0 Å². The van der Waals surface area contributed by atoms with Gasteiger partial charge in [0.15, 0.2) is 0 Å². The predicted molar refractivity (Wildman–Crippen MR) is 85.2 cm³/mol. The van der Waals surface area contributed by atoms with Gasteiger partial charge in [0.2, 0.25) is 5.91 Å². The van der Waals surface area contributed by atoms with Crippen molar-refractivity contribution in [3.05, 3.63) is 0 Å². The van der Waals surface area contributed by atoms with Crippen LogP contribution in [-0.4, -0.2) is 48.2 Å². The molecule has 0 aromatic carbocycles. The molecule has 0 aromatic heterocycles. The molecule has 21 heavy (non-hydrogen) atoms. The highest BCUT2D eigenvalue weighted by atomic mass is 16.5. The van der Waals surface area contributed by atoms with Crippen LogP contribution < -0.4 is 5.32 Å². The Labute approximate surface area is 129 Å². The van der Waals surface area contributed by atoms with Crippen LogP contribution in [0.15, 0.2) is 0 Å². The summed E-state index contributed by atoms with van der Waals surface area (Å²) in [4.78, 5) is 14.3. The quantitative estimate of drug-likeness (QED) is 0.851. The minimum Gasteiger partial charge on any atom is -0.375 e. The molecule has 0 spiro atoms. The van der Waals surface area contributed by atoms with Crippen LogP contribution in [0.5, 0.6) is 0 Å². The number of carbonyl (C=O) groups is 1. The summed E-state index contributed by atoms with van der Waals surface area (Å²) in [5, 5.41) is 3.79. The number of carbonyl (C=O) groups excluding carboxylic acids is 1. The van der Waals surface area contributed by atoms with Crippen LogP contribution in [-0.2, 0) is 9.53 Å². The van der Waals surface area contributed by atoms with Crippen molar-refractivity contribution >= 4 is 5.91 Å². The fraction of sp³-hybridized carbons (Fsp3) is 0.941. The number of ether oxygens (including phenoxy) is 1. The summed E-state index contributed by atoms with van der Waals surface area (Å²) >= 11 is 0. The van der Waals surface area contributed by atoms with Gasteiger partial charge in [0.25, 0.3) is 0 Å². The Hall–Kier alpha value is -0.610. The number of amides is 1. The molecule has 0 aromatic rings. The van der Waals surface area contributed by atoms with Crippen LogP contribution in [0.3, 0.4) is 0 Å². The van der Waals surface area contributed by atoms with E-state index in [2.05, 4.69) is 19.2 Å². The second-order valence-corrected chi connectivity index (χ2v) is 8.28. The Morgan fingerprint density at radius 3 is 2.29 bits per heavy atom. The molecular formula is C17H32N2O2. The number of hydrogen-bond donors (Lipinski definition) is 1. The lowest BCUT2D eigenvalue weighted by Crippen LogP contribution is -2.52. The van der Waals surface area contributed by atoms with E-state index in [9.17, 15) is 4.79 Å². The zero-order valence-electron chi connectivity index (χ0n) is 14.4. The van der Waals surface area contributed by atoms with Crippen molar-refractivity contribution < 1.29 is 9.53 Å². The van der Waals surface area contributed by atoms with Crippen LogP contribution in [0, 0.1) is 5.41 Å². The van der Waals surface area contributed by atoms with Crippen molar-refractivity contribution in [2.75, 3.05) is 19.7 Å². The molecule has 4 nitrogen and oxygen atoms in total. The van der Waals surface area contributed by atoms with Gasteiger partial charge in [-0.3, -0.25) is 4.79 Å². The first kappa shape index (κ1) is 16.8. The minimum absolute atomic E-state index is 0.00117. The molecule has 1 N–H and O–H groups in total. The number of rotatable bonds is 2. The number of likely N-dealkylation sites (tertiary alicyclic amines) is 1. The Morgan fingerprint density at radius 1 is 1.14 bits per heavy atom. The molecule has 1 unspecified atom stereocenters. The van der Waals surface area contributed by atoms with Crippen LogP contribution in [0.1, 0.15) is 60.3 Å². The van der Waals surface area contributed by atoms with Gasteiger partial charge >= 0.3 is 0 Å². The van der Waals surface area contributed by atoms with Gasteiger partial charge < -0.3 is 15.0 Å². The lowest BCUT2D eigenvalue weighted by Gasteiger charge is -2.40. The third kappa shape index (κ3) is 4.68. The summed E-state index contributed by atoms with van der Waals surface area (Å²) in [6.45, 7) is 13.0. The zero-order chi connectivity index (χ0) is 15.7. The van der Waals surface area contributed by atoms with Crippen molar-refractivity contribution in [3.63, 3.8) is 0 Å². The summed E-state index contributed by atoms with van der Waals surface area (Å²) in [6, 6.07) is 1.11. The average Bonchev–Trinajstić information content (AvgIpc) is 2.36. The molecule has 2 rings (SSSR count). The number of hydrogen-bond acceptors (Lipinski definition) is 3. The second-order valence-electron chi connectivity index (χ2n) is 8.28. The summed E-state index contributed by atoms with van der Waals surface area (Å²) in [7, 11) is 0. The van der Waals surface area contributed by atoms with Gasteiger partial charge in [0.05, 0.1) is 5.60 Å². The molecule has 0 aliphatic carbocycles. The molecule has 2 aliphatic heterocycles. The predicted octanol–water partition coefficient (Wildman–Crippen LogP) is 2.57. The van der Waals surface area contributed by atoms with Crippen LogP contribution >= 0.6 is 0 Å². The molecule has 0 radical (unpaired) electrons. The monoisotopic (exact) mass is 296 g/mol. The molecule has 2 fully saturated rings. The number of nitrogens with zero attached hydrogens (tertiary/aromatic N) is 1. The Bertz CT molecular complexity index is 365. The minimum atomic E-state index is -0.259. The van der Waals surface area contributed by atoms with Crippen LogP contribution in [0.25, 0.3) is 0 Å². The highest BCUT2D eigenvalue weighted by Crippen LogP contribution is 2.26. The van der Waals surface area contributed by atoms with Gasteiger partial charge in [-0.25, -0.2) is 0 Å². The number of piperidine rings is 1. The van der Waals surface area contributed by atoms with Crippen LogP contribution in [0.4, 0.5) is 0 Å². The SMILES string of the molecule is CC1(C)CC(NC2CCN(C(=O)C(C)(C)C)CC2)CCO1. The first-order valence-electron chi connectivity index (χ1n) is 8.37. The lowest BCUT2D eigenvalue weighted by molar-refractivity contribution is -0.140. The highest BCUT2D eigenvalue weighted by molar-refractivity contribution is 5.81. The molecular weight excluding hydrogens is 264 g/mol. The molecule has 2 aliphatic rings. The van der Waals surface area contributed by atoms with E-state index in [1.165, 1.54) is 0 Å². The van der Waals surface area contributed by atoms with Gasteiger partial charge in [0.1, 0.15) is 0 Å². The highest BCUT2D eigenvalue weighted by Gasteiger charge is 2.33. The first-order valence-corrected chi connectivity index (χ1v) is 8.37. The number of nitrogens with one attached hydrogen (secondary N) is 1. The Balaban J connectivity index is 1.78. The molecule has 4 heteroatoms. The molecule has 0 saturated carbocycles. The molecule has 122 valence electrons. The Morgan fingerprint density at radius 2 is 1.76 bits per heavy atom. The fourth-order valence-corrected chi connectivity index (χ4v) is 3.43. The van der Waals surface area contributed by atoms with Crippen molar-refractivity contribution in [3.8, 4) is 0 Å². The Kier molecular flexibility index (Phi) is 4.99. The second kappa shape index (κ2) is 6.25. The van der Waals surface area contributed by atoms with Crippen molar-refractivity contribution in [2.24, 2.45) is 5.41 Å². The maximum Gasteiger partial charge on any atom is 0.227 e. The van der Waals surface area contributed by atoms with E-state index in [1.54, 1.807) is 0 Å². The first-order chi connectivity index (χ1) is 9.67. The van der Waals surface area contributed by atoms with Gasteiger partial charge in [-0.15, -0.1) is 0 Å². The standard InChI is InChI=1S/C17H32N2O2/c1-16(2,3)15(20)19-9-6-13(7-10-19)18-14-8-11-21-17(4,5)12-14/h13-14,18H,6-12H2,1-5H3. The van der Waals surface area contributed by atoms with E-state index in [1.807, 2.05) is 25.7 Å². The van der Waals surface area contributed by atoms with Crippen molar-refractivity contribution in [2.45, 2.75) is 78.0 Å². The van der Waals surface area contributed by atoms with E-state index in [-0.39, 0.29) is 16.9 Å². The van der Waals surface area contributed by atoms with Crippen molar-refractivity contribution in [1.29, 1.82) is 0 Å². The van der Waals surface area contributed by atoms with E-state index in [0.29, 0.717) is 12.1 Å². The molecule has 1 atom stereocenters. The van der Waals surface area contributed by atoms with Gasteiger partial charge in [-0.1, -0.05) is 20.8 Å². The molecule has 2 saturated heterocycles. The average molecular weight is 296 g/mol. The maximum absolute atomic E-state index is 12.3. The normalized spacial score (nSPS) is 27.7. The van der Waals surface area contributed by atoms with E-state index in [0.717, 1.165) is 45.4 Å². The third-order valence-corrected chi connectivity index (χ3v) is 4.59. The lowest BCUT2D eigenvalue weighted by atomic mass is 9.91. The van der Waals surface area contributed by atoms with Crippen molar-refractivity contribution in [1.82, 2.24) is 10.2 Å². The fourth-order valence-electron chi connectivity index (χ4n) is 3.43. The summed E-state index contributed by atoms with van der Waals surface area (Å²) in [5.41, 5.74) is -0.260. The van der Waals surface area contributed by atoms with Gasteiger partial charge in [-0.2, -0.15) is 0 Å². The zero-order valence-corrected chi connectivity index (χ0v) is 14.4. The summed E-state index contributed by atoms with van der Waals surface area (Å²) < 4.78 is 5.78. The van der Waals surface area contributed by atoms with Crippen LogP contribution in [0.2, 0.25) is 0 Å². The maximum atomic E-state index is 12.3. The van der Waals surface area contributed by atoms with Gasteiger partial charge in [0, 0.05) is 37.2 Å². The van der Waals surface area contributed by atoms with E-state index in [4.69, 9.17) is 4.74 Å². The molecule has 2 heterocycles. The summed E-state index contributed by atoms with van der Waals surface area (Å²) in [6.07, 6.45) is 4.32. The molecule has 1 amide bonds. The third-order valence-electron chi connectivity index (χ3n) is 4.59. The topological polar surface area (TPSA) is 41.6 Å². The smallest absolute Gasteiger partial charge is 0.227 e. The van der Waals surface area contributed by atoms with E-state index < -0.39 is 0 Å².